The summed E-state index contributed by atoms with van der Waals surface area (Å²) in [7, 11) is 0. The first-order valence-electron chi connectivity index (χ1n) is 23.3. The zero-order valence-corrected chi connectivity index (χ0v) is 39.3. The summed E-state index contributed by atoms with van der Waals surface area (Å²) in [4.78, 5) is 40.4. The van der Waals surface area contributed by atoms with Gasteiger partial charge in [0, 0.05) is 30.1 Å². The molecule has 18 atom stereocenters. The predicted octanol–water partition coefficient (Wildman–Crippen LogP) is 5.71. The fourth-order valence-corrected chi connectivity index (χ4v) is 11.7. The smallest absolute Gasteiger partial charge is 0.245 e. The van der Waals surface area contributed by atoms with Gasteiger partial charge in [0.05, 0.1) is 60.3 Å². The van der Waals surface area contributed by atoms with Crippen LogP contribution in [0, 0.1) is 41.4 Å². The Balaban J connectivity index is 1.11. The standard InChI is InChI=1S/C46H74N4O11S/c1-11-31(41(55)47-23-36(52)49-42-50-48-24-62-42)33-15-14-25(4)39(58-33)29(8)37(53)28(7)38(54)32(12-2)40-26(5)22-27(6)45(59-40)19-16-34(51)46(61-45)21-20-43(10,60-46)35-17-18-44(56,13-3)30(9)57-35/h16,19,24-35,37,39-40,51,53,56H,11-15,17-18,20-23H2,1-10H3,(H,47,55)(H,49,50,52)/t25?,26-,27+,28-,29-,30-,31+,32-,33+,34+,35+,37+,39+,40-,43-,44+,45-,46-/m0/s1. The van der Waals surface area contributed by atoms with E-state index < -0.39 is 82.9 Å². The summed E-state index contributed by atoms with van der Waals surface area (Å²) in [6.07, 6.45) is 5.31. The molecule has 350 valence electrons. The Labute approximate surface area is 371 Å². The third-order valence-electron chi connectivity index (χ3n) is 15.5. The minimum atomic E-state index is -1.39. The van der Waals surface area contributed by atoms with E-state index in [0.717, 1.165) is 6.42 Å². The molecule has 1 unspecified atom stereocenters. The number of nitrogens with zero attached hydrogens (tertiary/aromatic N) is 2. The maximum atomic E-state index is 14.6. The topological polar surface area (TPSA) is 208 Å². The van der Waals surface area contributed by atoms with Crippen LogP contribution in [0.5, 0.6) is 0 Å². The number of nitrogens with one attached hydrogen (secondary N) is 2. The van der Waals surface area contributed by atoms with Crippen molar-refractivity contribution in [3.63, 3.8) is 0 Å². The zero-order valence-electron chi connectivity index (χ0n) is 38.5. The highest BCUT2D eigenvalue weighted by Gasteiger charge is 2.63. The third kappa shape index (κ3) is 9.74. The van der Waals surface area contributed by atoms with Crippen LogP contribution in [0.3, 0.4) is 0 Å². The Bertz CT molecular complexity index is 1740. The van der Waals surface area contributed by atoms with E-state index in [1.54, 1.807) is 19.1 Å². The lowest BCUT2D eigenvalue weighted by Crippen LogP contribution is -2.63. The van der Waals surface area contributed by atoms with E-state index in [9.17, 15) is 29.7 Å². The molecule has 2 amide bonds. The van der Waals surface area contributed by atoms with Crippen molar-refractivity contribution < 1.29 is 53.4 Å². The van der Waals surface area contributed by atoms with Gasteiger partial charge in [-0.15, -0.1) is 10.2 Å². The molecule has 2 spiro atoms. The van der Waals surface area contributed by atoms with Gasteiger partial charge in [0.25, 0.3) is 0 Å². The Morgan fingerprint density at radius 2 is 1.68 bits per heavy atom. The van der Waals surface area contributed by atoms with E-state index in [1.165, 1.54) is 16.8 Å². The predicted molar refractivity (Wildman–Crippen MR) is 233 cm³/mol. The lowest BCUT2D eigenvalue weighted by Gasteiger charge is -2.54. The van der Waals surface area contributed by atoms with Crippen molar-refractivity contribution in [2.24, 2.45) is 41.4 Å². The van der Waals surface area contributed by atoms with Crippen LogP contribution in [0.25, 0.3) is 0 Å². The molecule has 16 heteroatoms. The van der Waals surface area contributed by atoms with Gasteiger partial charge in [0.15, 0.2) is 5.79 Å². The molecule has 1 aromatic heterocycles. The van der Waals surface area contributed by atoms with Gasteiger partial charge < -0.3 is 44.3 Å². The van der Waals surface area contributed by atoms with Crippen molar-refractivity contribution in [2.45, 2.75) is 199 Å². The molecular weight excluding hydrogens is 817 g/mol. The summed E-state index contributed by atoms with van der Waals surface area (Å²) < 4.78 is 33.9. The number of Topliss-reactive ketones (excluding diaryl/α,β-unsaturated/α-hetero) is 1. The molecule has 62 heavy (non-hydrogen) atoms. The van der Waals surface area contributed by atoms with Crippen LogP contribution in [0.15, 0.2) is 17.7 Å². The van der Waals surface area contributed by atoms with E-state index in [2.05, 4.69) is 41.6 Å². The second-order valence-electron chi connectivity index (χ2n) is 19.6. The molecule has 0 aliphatic carbocycles. The highest BCUT2D eigenvalue weighted by molar-refractivity contribution is 7.13. The number of aliphatic hydroxyl groups excluding tert-OH is 2. The first kappa shape index (κ1) is 49.0. The fraction of sp³-hybridized carbons (Fsp3) is 0.848. The normalized spacial score (nSPS) is 41.0. The Kier molecular flexibility index (Phi) is 15.5. The molecule has 4 saturated heterocycles. The number of ether oxygens (including phenoxy) is 5. The number of aliphatic hydroxyl groups is 3. The summed E-state index contributed by atoms with van der Waals surface area (Å²) in [5, 5.41) is 47.8. The molecule has 0 bridgehead atoms. The molecule has 4 fully saturated rings. The molecule has 5 aliphatic heterocycles. The molecule has 5 aliphatic rings. The molecule has 5 N–H and O–H groups in total. The summed E-state index contributed by atoms with van der Waals surface area (Å²) in [5.74, 6) is -5.71. The Hall–Kier alpha value is -2.41. The number of hydrogen-bond donors (Lipinski definition) is 5. The number of amides is 2. The van der Waals surface area contributed by atoms with Crippen molar-refractivity contribution >= 4 is 34.1 Å². The number of carbonyl (C=O) groups excluding carboxylic acids is 3. The summed E-state index contributed by atoms with van der Waals surface area (Å²) >= 11 is 1.19. The summed E-state index contributed by atoms with van der Waals surface area (Å²) in [6.45, 7) is 19.5. The van der Waals surface area contributed by atoms with Gasteiger partial charge in [0.1, 0.15) is 17.4 Å². The third-order valence-corrected chi connectivity index (χ3v) is 16.1. The van der Waals surface area contributed by atoms with Gasteiger partial charge in [-0.2, -0.15) is 0 Å². The highest BCUT2D eigenvalue weighted by atomic mass is 32.1. The summed E-state index contributed by atoms with van der Waals surface area (Å²) in [6, 6.07) is 0. The number of aromatic nitrogens is 2. The number of anilines is 1. The number of ketones is 1. The van der Waals surface area contributed by atoms with Gasteiger partial charge >= 0.3 is 0 Å². The second kappa shape index (κ2) is 19.6. The Morgan fingerprint density at radius 3 is 2.32 bits per heavy atom. The van der Waals surface area contributed by atoms with E-state index >= 15 is 0 Å². The maximum Gasteiger partial charge on any atom is 0.245 e. The lowest BCUT2D eigenvalue weighted by molar-refractivity contribution is -0.409. The van der Waals surface area contributed by atoms with Crippen molar-refractivity contribution in [2.75, 3.05) is 11.9 Å². The van der Waals surface area contributed by atoms with Crippen LogP contribution in [0.1, 0.15) is 133 Å². The lowest BCUT2D eigenvalue weighted by atomic mass is 9.72. The molecular formula is C46H74N4O11S. The molecule has 6 rings (SSSR count). The average Bonchev–Trinajstić information content (AvgIpc) is 3.89. The van der Waals surface area contributed by atoms with Gasteiger partial charge in [0.2, 0.25) is 22.7 Å². The Morgan fingerprint density at radius 1 is 0.952 bits per heavy atom. The largest absolute Gasteiger partial charge is 0.392 e. The number of hydrogen-bond acceptors (Lipinski definition) is 14. The van der Waals surface area contributed by atoms with Crippen LogP contribution in [-0.4, -0.2) is 115 Å². The van der Waals surface area contributed by atoms with E-state index in [4.69, 9.17) is 23.7 Å². The average molecular weight is 891 g/mol. The first-order valence-corrected chi connectivity index (χ1v) is 24.2. The molecule has 0 radical (unpaired) electrons. The molecule has 0 saturated carbocycles. The molecule has 0 aromatic carbocycles. The minimum Gasteiger partial charge on any atom is -0.392 e. The van der Waals surface area contributed by atoms with E-state index in [0.29, 0.717) is 62.9 Å². The number of rotatable bonds is 15. The maximum absolute atomic E-state index is 14.6. The van der Waals surface area contributed by atoms with Crippen molar-refractivity contribution in [1.82, 2.24) is 15.5 Å². The van der Waals surface area contributed by atoms with Crippen LogP contribution in [0.4, 0.5) is 5.13 Å². The molecule has 6 heterocycles. The van der Waals surface area contributed by atoms with Gasteiger partial charge in [-0.25, -0.2) is 0 Å². The van der Waals surface area contributed by atoms with Crippen LogP contribution >= 0.6 is 11.3 Å². The quantitative estimate of drug-likeness (QED) is 0.134. The molecule has 1 aromatic rings. The summed E-state index contributed by atoms with van der Waals surface area (Å²) in [5.41, 5.74) is -0.152. The van der Waals surface area contributed by atoms with Crippen LogP contribution < -0.4 is 10.6 Å². The second-order valence-corrected chi connectivity index (χ2v) is 20.4. The monoisotopic (exact) mass is 891 g/mol. The van der Waals surface area contributed by atoms with Gasteiger partial charge in [-0.1, -0.05) is 66.7 Å². The SMILES string of the molecule is CC[C@@H](C(=O)[C@@H](C)[C@@H](O)[C@H](C)[C@@H]1O[C@@H]([C@@H](CC)C(=O)NCC(=O)Nc2nncs2)CCC1C)[C@H]1O[C@]2(C=C[C@@H](O)[C@]3(CC[C@@](C)([C@H]4CC[C@](O)(CC)[C@H](C)O4)O3)O2)[C@H](C)C[C@@H]1C. The van der Waals surface area contributed by atoms with Crippen molar-refractivity contribution in [3.8, 4) is 0 Å². The fourth-order valence-electron chi connectivity index (χ4n) is 11.2. The number of carbonyl (C=O) groups is 3. The molecule has 15 nitrogen and oxygen atoms in total. The minimum absolute atomic E-state index is 0.00896. The highest BCUT2D eigenvalue weighted by Crippen LogP contribution is 2.54. The van der Waals surface area contributed by atoms with Crippen molar-refractivity contribution in [3.05, 3.63) is 17.7 Å². The van der Waals surface area contributed by atoms with Gasteiger partial charge in [-0.3, -0.25) is 19.7 Å². The zero-order chi connectivity index (χ0) is 45.4. The first-order chi connectivity index (χ1) is 29.3. The van der Waals surface area contributed by atoms with E-state index in [-0.39, 0.29) is 48.2 Å². The van der Waals surface area contributed by atoms with E-state index in [1.807, 2.05) is 41.5 Å². The van der Waals surface area contributed by atoms with Crippen LogP contribution in [-0.2, 0) is 38.1 Å². The van der Waals surface area contributed by atoms with Crippen molar-refractivity contribution in [1.29, 1.82) is 0 Å². The van der Waals surface area contributed by atoms with Gasteiger partial charge in [-0.05, 0) is 95.6 Å². The van der Waals surface area contributed by atoms with Crippen LogP contribution in [0.2, 0.25) is 0 Å².